The van der Waals surface area contributed by atoms with Crippen molar-refractivity contribution < 1.29 is 14.3 Å². The van der Waals surface area contributed by atoms with Gasteiger partial charge in [-0.25, -0.2) is 0 Å². The summed E-state index contributed by atoms with van der Waals surface area (Å²) in [7, 11) is 1.72. The Kier molecular flexibility index (Phi) is 2.91. The number of allylic oxidation sites excluding steroid dienone is 2. The number of rotatable bonds is 2. The molecule has 1 saturated carbocycles. The van der Waals surface area contributed by atoms with Crippen molar-refractivity contribution in [2.75, 3.05) is 7.11 Å². The van der Waals surface area contributed by atoms with Crippen LogP contribution in [0.4, 0.5) is 0 Å². The fourth-order valence-corrected chi connectivity index (χ4v) is 4.04. The van der Waals surface area contributed by atoms with Crippen molar-refractivity contribution in [2.45, 2.75) is 37.6 Å². The normalized spacial score (nSPS) is 46.6. The molecule has 0 aromatic heterocycles. The quantitative estimate of drug-likeness (QED) is 0.704. The molecule has 0 spiro atoms. The van der Waals surface area contributed by atoms with Crippen LogP contribution in [0.2, 0.25) is 0 Å². The lowest BCUT2D eigenvalue weighted by molar-refractivity contribution is -0.243. The van der Waals surface area contributed by atoms with Gasteiger partial charge in [0.15, 0.2) is 11.6 Å². The van der Waals surface area contributed by atoms with E-state index in [-0.39, 0.29) is 23.7 Å². The van der Waals surface area contributed by atoms with E-state index in [1.165, 1.54) is 0 Å². The zero-order chi connectivity index (χ0) is 12.8. The van der Waals surface area contributed by atoms with Gasteiger partial charge in [-0.1, -0.05) is 12.2 Å². The highest BCUT2D eigenvalue weighted by Crippen LogP contribution is 2.54. The molecular formula is C15H20O3. The third kappa shape index (κ3) is 1.61. The van der Waals surface area contributed by atoms with Crippen molar-refractivity contribution in [3.63, 3.8) is 0 Å². The number of hydrogen-bond donors (Lipinski definition) is 0. The van der Waals surface area contributed by atoms with Crippen molar-refractivity contribution in [3.05, 3.63) is 24.8 Å². The molecular weight excluding hydrogens is 228 g/mol. The van der Waals surface area contributed by atoms with Crippen LogP contribution in [0.5, 0.6) is 0 Å². The molecule has 3 rings (SSSR count). The summed E-state index contributed by atoms with van der Waals surface area (Å²) >= 11 is 0. The molecule has 0 amide bonds. The lowest BCUT2D eigenvalue weighted by Crippen LogP contribution is -2.45. The monoisotopic (exact) mass is 248 g/mol. The highest BCUT2D eigenvalue weighted by Gasteiger charge is 2.58. The molecule has 0 bridgehead atoms. The average molecular weight is 248 g/mol. The SMILES string of the molecule is C=C[C@@H]1CCCC2(OC)O[C@H]3C=CC(=O)C[C@H]3[C@@H]12. The molecule has 5 atom stereocenters. The second-order valence-electron chi connectivity index (χ2n) is 5.61. The lowest BCUT2D eigenvalue weighted by atomic mass is 9.67. The topological polar surface area (TPSA) is 35.5 Å². The number of carbonyl (C=O) groups excluding carboxylic acids is 1. The number of carbonyl (C=O) groups is 1. The van der Waals surface area contributed by atoms with E-state index in [0.717, 1.165) is 19.3 Å². The standard InChI is InChI=1S/C15H20O3/c1-3-10-5-4-8-15(17-2)14(10)12-9-11(16)6-7-13(12)18-15/h3,6-7,10,12-14H,1,4-5,8-9H2,2H3/t10-,12-,13+,14-,15?/m1/s1. The van der Waals surface area contributed by atoms with Crippen molar-refractivity contribution in [3.8, 4) is 0 Å². The molecule has 0 N–H and O–H groups in total. The van der Waals surface area contributed by atoms with Gasteiger partial charge >= 0.3 is 0 Å². The van der Waals surface area contributed by atoms with Crippen molar-refractivity contribution >= 4 is 5.78 Å². The Balaban J connectivity index is 1.98. The first-order valence-electron chi connectivity index (χ1n) is 6.77. The first-order chi connectivity index (χ1) is 8.70. The van der Waals surface area contributed by atoms with Gasteiger partial charge in [-0.05, 0) is 24.8 Å². The molecule has 2 fully saturated rings. The Morgan fingerprint density at radius 1 is 1.61 bits per heavy atom. The number of ether oxygens (including phenoxy) is 2. The zero-order valence-electron chi connectivity index (χ0n) is 10.8. The Morgan fingerprint density at radius 2 is 2.44 bits per heavy atom. The van der Waals surface area contributed by atoms with E-state index < -0.39 is 5.79 Å². The zero-order valence-corrected chi connectivity index (χ0v) is 10.8. The molecule has 98 valence electrons. The minimum Gasteiger partial charge on any atom is -0.353 e. The Labute approximate surface area is 108 Å². The van der Waals surface area contributed by atoms with Crippen LogP contribution in [0.1, 0.15) is 25.7 Å². The minimum absolute atomic E-state index is 0.0354. The Hall–Kier alpha value is -0.930. The van der Waals surface area contributed by atoms with E-state index in [0.29, 0.717) is 12.3 Å². The summed E-state index contributed by atoms with van der Waals surface area (Å²) < 4.78 is 11.9. The van der Waals surface area contributed by atoms with E-state index >= 15 is 0 Å². The summed E-state index contributed by atoms with van der Waals surface area (Å²) in [6, 6.07) is 0. The van der Waals surface area contributed by atoms with E-state index in [2.05, 4.69) is 6.58 Å². The summed E-state index contributed by atoms with van der Waals surface area (Å²) in [5.74, 6) is 0.632. The first kappa shape index (κ1) is 12.1. The molecule has 3 heteroatoms. The van der Waals surface area contributed by atoms with Crippen LogP contribution in [0, 0.1) is 17.8 Å². The van der Waals surface area contributed by atoms with Gasteiger partial charge in [0.2, 0.25) is 0 Å². The molecule has 1 unspecified atom stereocenters. The molecule has 0 aromatic rings. The van der Waals surface area contributed by atoms with E-state index in [1.54, 1.807) is 13.2 Å². The van der Waals surface area contributed by atoms with Crippen molar-refractivity contribution in [1.29, 1.82) is 0 Å². The Bertz CT molecular complexity index is 401. The summed E-state index contributed by atoms with van der Waals surface area (Å²) in [5.41, 5.74) is 0. The maximum atomic E-state index is 11.7. The number of ketones is 1. The van der Waals surface area contributed by atoms with Gasteiger partial charge < -0.3 is 9.47 Å². The lowest BCUT2D eigenvalue weighted by Gasteiger charge is -2.42. The second kappa shape index (κ2) is 4.32. The molecule has 18 heavy (non-hydrogen) atoms. The summed E-state index contributed by atoms with van der Waals surface area (Å²) in [5, 5.41) is 0. The van der Waals surface area contributed by atoms with Gasteiger partial charge in [-0.3, -0.25) is 4.79 Å². The van der Waals surface area contributed by atoms with Crippen LogP contribution in [0.15, 0.2) is 24.8 Å². The predicted octanol–water partition coefficient (Wildman–Crippen LogP) is 2.48. The summed E-state index contributed by atoms with van der Waals surface area (Å²) in [6.45, 7) is 3.95. The fourth-order valence-electron chi connectivity index (χ4n) is 4.04. The fraction of sp³-hybridized carbons (Fsp3) is 0.667. The first-order valence-corrected chi connectivity index (χ1v) is 6.77. The van der Waals surface area contributed by atoms with Gasteiger partial charge in [0.25, 0.3) is 0 Å². The molecule has 3 nitrogen and oxygen atoms in total. The summed E-state index contributed by atoms with van der Waals surface area (Å²) in [4.78, 5) is 11.7. The highest BCUT2D eigenvalue weighted by molar-refractivity contribution is 5.91. The third-order valence-corrected chi connectivity index (χ3v) is 4.81. The van der Waals surface area contributed by atoms with Crippen LogP contribution in [-0.2, 0) is 14.3 Å². The van der Waals surface area contributed by atoms with Crippen LogP contribution < -0.4 is 0 Å². The smallest absolute Gasteiger partial charge is 0.172 e. The van der Waals surface area contributed by atoms with E-state index in [1.807, 2.05) is 12.2 Å². The number of methoxy groups -OCH3 is 1. The molecule has 2 aliphatic carbocycles. The van der Waals surface area contributed by atoms with Gasteiger partial charge in [-0.15, -0.1) is 6.58 Å². The predicted molar refractivity (Wildman–Crippen MR) is 67.9 cm³/mol. The van der Waals surface area contributed by atoms with Crippen LogP contribution in [0.3, 0.4) is 0 Å². The van der Waals surface area contributed by atoms with Crippen LogP contribution in [0.25, 0.3) is 0 Å². The molecule has 0 radical (unpaired) electrons. The molecule has 3 aliphatic rings. The highest BCUT2D eigenvalue weighted by atomic mass is 16.7. The van der Waals surface area contributed by atoms with Gasteiger partial charge in [0.1, 0.15) is 0 Å². The van der Waals surface area contributed by atoms with Crippen molar-refractivity contribution in [2.24, 2.45) is 17.8 Å². The van der Waals surface area contributed by atoms with E-state index in [9.17, 15) is 4.79 Å². The maximum Gasteiger partial charge on any atom is 0.172 e. The third-order valence-electron chi connectivity index (χ3n) is 4.81. The Morgan fingerprint density at radius 3 is 3.17 bits per heavy atom. The van der Waals surface area contributed by atoms with E-state index in [4.69, 9.17) is 9.47 Å². The van der Waals surface area contributed by atoms with Gasteiger partial charge in [-0.2, -0.15) is 0 Å². The minimum atomic E-state index is -0.499. The number of fused-ring (bicyclic) bond motifs is 3. The average Bonchev–Trinajstić information content (AvgIpc) is 2.73. The van der Waals surface area contributed by atoms with Crippen molar-refractivity contribution in [1.82, 2.24) is 0 Å². The van der Waals surface area contributed by atoms with Gasteiger partial charge in [0, 0.05) is 31.8 Å². The van der Waals surface area contributed by atoms with Crippen LogP contribution >= 0.6 is 0 Å². The molecule has 1 aliphatic heterocycles. The maximum absolute atomic E-state index is 11.7. The van der Waals surface area contributed by atoms with Gasteiger partial charge in [0.05, 0.1) is 6.10 Å². The number of hydrogen-bond acceptors (Lipinski definition) is 3. The molecule has 1 saturated heterocycles. The summed E-state index contributed by atoms with van der Waals surface area (Å²) in [6.07, 6.45) is 9.36. The second-order valence-corrected chi connectivity index (χ2v) is 5.61. The molecule has 0 aromatic carbocycles. The van der Waals surface area contributed by atoms with Crippen LogP contribution in [-0.4, -0.2) is 24.8 Å². The largest absolute Gasteiger partial charge is 0.353 e. The molecule has 1 heterocycles.